The highest BCUT2D eigenvalue weighted by atomic mass is 15.0. The van der Waals surface area contributed by atoms with E-state index in [0.717, 1.165) is 12.2 Å². The molecule has 1 atom stereocenters. The highest BCUT2D eigenvalue weighted by molar-refractivity contribution is 5.38. The molecular weight excluding hydrogens is 208 g/mol. The molecule has 1 aliphatic rings. The number of aromatic nitrogens is 1. The van der Waals surface area contributed by atoms with E-state index in [9.17, 15) is 0 Å². The van der Waals surface area contributed by atoms with Crippen LogP contribution in [0.5, 0.6) is 0 Å². The van der Waals surface area contributed by atoms with Crippen LogP contribution >= 0.6 is 0 Å². The Bertz CT molecular complexity index is 493. The van der Waals surface area contributed by atoms with Gasteiger partial charge in [-0.05, 0) is 42.5 Å². The Hall–Kier alpha value is -1.83. The third-order valence-electron chi connectivity index (χ3n) is 3.36. The van der Waals surface area contributed by atoms with E-state index in [1.165, 1.54) is 24.0 Å². The van der Waals surface area contributed by atoms with Gasteiger partial charge in [0.2, 0.25) is 0 Å². The van der Waals surface area contributed by atoms with Gasteiger partial charge in [-0.3, -0.25) is 0 Å². The van der Waals surface area contributed by atoms with E-state index in [4.69, 9.17) is 0 Å². The Balaban J connectivity index is 1.72. The van der Waals surface area contributed by atoms with Crippen LogP contribution in [0.3, 0.4) is 0 Å². The number of fused-ring (bicyclic) bond motifs is 1. The maximum atomic E-state index is 4.32. The molecule has 0 spiro atoms. The van der Waals surface area contributed by atoms with Crippen molar-refractivity contribution in [2.45, 2.75) is 25.3 Å². The summed E-state index contributed by atoms with van der Waals surface area (Å²) in [5.41, 5.74) is 2.98. The van der Waals surface area contributed by atoms with Crippen molar-refractivity contribution in [2.75, 3.05) is 5.32 Å². The second-order valence-corrected chi connectivity index (χ2v) is 4.57. The molecule has 0 saturated heterocycles. The summed E-state index contributed by atoms with van der Waals surface area (Å²) in [6.45, 7) is 0. The fraction of sp³-hybridized carbons (Fsp3) is 0.267. The Labute approximate surface area is 102 Å². The fourth-order valence-electron chi connectivity index (χ4n) is 2.48. The van der Waals surface area contributed by atoms with Gasteiger partial charge >= 0.3 is 0 Å². The van der Waals surface area contributed by atoms with Crippen LogP contribution in [-0.2, 0) is 12.8 Å². The van der Waals surface area contributed by atoms with Crippen LogP contribution in [0.15, 0.2) is 48.7 Å². The number of nitrogens with zero attached hydrogens (tertiary/aromatic N) is 1. The van der Waals surface area contributed by atoms with Gasteiger partial charge in [0.1, 0.15) is 5.82 Å². The van der Waals surface area contributed by atoms with E-state index in [0.29, 0.717) is 6.04 Å². The van der Waals surface area contributed by atoms with Crippen LogP contribution in [0.1, 0.15) is 17.5 Å². The molecule has 0 saturated carbocycles. The van der Waals surface area contributed by atoms with Crippen LogP contribution in [0, 0.1) is 0 Å². The summed E-state index contributed by atoms with van der Waals surface area (Å²) < 4.78 is 0. The highest BCUT2D eigenvalue weighted by Gasteiger charge is 2.17. The topological polar surface area (TPSA) is 24.9 Å². The maximum Gasteiger partial charge on any atom is 0.126 e. The second kappa shape index (κ2) is 4.58. The molecule has 0 amide bonds. The first-order valence-electron chi connectivity index (χ1n) is 6.16. The van der Waals surface area contributed by atoms with Crippen LogP contribution in [0.25, 0.3) is 0 Å². The first-order valence-corrected chi connectivity index (χ1v) is 6.16. The number of anilines is 1. The Kier molecular flexibility index (Phi) is 2.78. The third-order valence-corrected chi connectivity index (χ3v) is 3.36. The van der Waals surface area contributed by atoms with E-state index >= 15 is 0 Å². The Morgan fingerprint density at radius 1 is 1.00 bits per heavy atom. The molecule has 1 N–H and O–H groups in total. The van der Waals surface area contributed by atoms with Crippen molar-refractivity contribution in [1.29, 1.82) is 0 Å². The lowest BCUT2D eigenvalue weighted by Gasteiger charge is -2.25. The van der Waals surface area contributed by atoms with Gasteiger partial charge in [-0.25, -0.2) is 4.98 Å². The third kappa shape index (κ3) is 2.31. The summed E-state index contributed by atoms with van der Waals surface area (Å²) in [6.07, 6.45) is 5.29. The van der Waals surface area contributed by atoms with Crippen molar-refractivity contribution >= 4 is 5.82 Å². The minimum absolute atomic E-state index is 0.514. The van der Waals surface area contributed by atoms with Crippen molar-refractivity contribution in [3.05, 3.63) is 59.8 Å². The summed E-state index contributed by atoms with van der Waals surface area (Å²) in [5, 5.41) is 3.51. The van der Waals surface area contributed by atoms with Gasteiger partial charge in [0, 0.05) is 12.2 Å². The first-order chi connectivity index (χ1) is 8.42. The summed E-state index contributed by atoms with van der Waals surface area (Å²) >= 11 is 0. The smallest absolute Gasteiger partial charge is 0.126 e. The van der Waals surface area contributed by atoms with Crippen LogP contribution < -0.4 is 5.32 Å². The van der Waals surface area contributed by atoms with E-state index in [1.807, 2.05) is 24.4 Å². The standard InChI is InChI=1S/C15H16N2/c1-2-6-13-11-14(9-8-12(13)5-1)17-15-7-3-4-10-16-15/h1-7,10,14H,8-9,11H2,(H,16,17). The Morgan fingerprint density at radius 2 is 1.82 bits per heavy atom. The quantitative estimate of drug-likeness (QED) is 0.848. The number of hydrogen-bond donors (Lipinski definition) is 1. The predicted octanol–water partition coefficient (Wildman–Crippen LogP) is 3.05. The number of hydrogen-bond acceptors (Lipinski definition) is 2. The average molecular weight is 224 g/mol. The lowest BCUT2D eigenvalue weighted by molar-refractivity contribution is 0.609. The largest absolute Gasteiger partial charge is 0.367 e. The molecule has 3 rings (SSSR count). The van der Waals surface area contributed by atoms with Gasteiger partial charge in [-0.1, -0.05) is 30.3 Å². The van der Waals surface area contributed by atoms with Crippen LogP contribution in [0.2, 0.25) is 0 Å². The van der Waals surface area contributed by atoms with Gasteiger partial charge in [0.05, 0.1) is 0 Å². The fourth-order valence-corrected chi connectivity index (χ4v) is 2.48. The lowest BCUT2D eigenvalue weighted by atomic mass is 9.88. The molecule has 2 aromatic rings. The van der Waals surface area contributed by atoms with E-state index in [2.05, 4.69) is 34.6 Å². The summed E-state index contributed by atoms with van der Waals surface area (Å²) in [7, 11) is 0. The van der Waals surface area contributed by atoms with Gasteiger partial charge in [0.25, 0.3) is 0 Å². The minimum Gasteiger partial charge on any atom is -0.367 e. The molecule has 0 bridgehead atoms. The summed E-state index contributed by atoms with van der Waals surface area (Å²) in [4.78, 5) is 4.32. The van der Waals surface area contributed by atoms with Crippen molar-refractivity contribution in [3.8, 4) is 0 Å². The van der Waals surface area contributed by atoms with E-state index < -0.39 is 0 Å². The van der Waals surface area contributed by atoms with Crippen molar-refractivity contribution in [1.82, 2.24) is 4.98 Å². The number of rotatable bonds is 2. The van der Waals surface area contributed by atoms with Gasteiger partial charge in [-0.15, -0.1) is 0 Å². The van der Waals surface area contributed by atoms with Crippen molar-refractivity contribution in [2.24, 2.45) is 0 Å². The molecule has 0 radical (unpaired) electrons. The van der Waals surface area contributed by atoms with E-state index in [1.54, 1.807) is 0 Å². The van der Waals surface area contributed by atoms with Crippen molar-refractivity contribution < 1.29 is 0 Å². The van der Waals surface area contributed by atoms with Crippen molar-refractivity contribution in [3.63, 3.8) is 0 Å². The average Bonchev–Trinajstić information content (AvgIpc) is 2.40. The highest BCUT2D eigenvalue weighted by Crippen LogP contribution is 2.22. The van der Waals surface area contributed by atoms with Crippen LogP contribution in [0.4, 0.5) is 5.82 Å². The van der Waals surface area contributed by atoms with E-state index in [-0.39, 0.29) is 0 Å². The molecule has 1 aromatic heterocycles. The number of aryl methyl sites for hydroxylation is 1. The normalized spacial score (nSPS) is 18.5. The second-order valence-electron chi connectivity index (χ2n) is 4.57. The summed E-state index contributed by atoms with van der Waals surface area (Å²) in [6, 6.07) is 15.2. The zero-order valence-corrected chi connectivity index (χ0v) is 9.76. The molecule has 17 heavy (non-hydrogen) atoms. The maximum absolute atomic E-state index is 4.32. The summed E-state index contributed by atoms with van der Waals surface area (Å²) in [5.74, 6) is 0.983. The number of benzene rings is 1. The number of pyridine rings is 1. The molecule has 2 nitrogen and oxygen atoms in total. The molecule has 0 fully saturated rings. The lowest BCUT2D eigenvalue weighted by Crippen LogP contribution is -2.27. The molecule has 1 aromatic carbocycles. The number of nitrogens with one attached hydrogen (secondary N) is 1. The van der Waals surface area contributed by atoms with Crippen LogP contribution in [-0.4, -0.2) is 11.0 Å². The predicted molar refractivity (Wildman–Crippen MR) is 70.1 cm³/mol. The zero-order valence-electron chi connectivity index (χ0n) is 9.76. The Morgan fingerprint density at radius 3 is 2.65 bits per heavy atom. The van der Waals surface area contributed by atoms with Gasteiger partial charge in [0.15, 0.2) is 0 Å². The minimum atomic E-state index is 0.514. The molecule has 1 unspecified atom stereocenters. The first kappa shape index (κ1) is 10.3. The monoisotopic (exact) mass is 224 g/mol. The molecule has 86 valence electrons. The van der Waals surface area contributed by atoms with Gasteiger partial charge < -0.3 is 5.32 Å². The SMILES string of the molecule is c1ccc(NC2CCc3ccccc3C2)nc1. The molecule has 1 heterocycles. The van der Waals surface area contributed by atoms with Gasteiger partial charge in [-0.2, -0.15) is 0 Å². The molecule has 2 heteroatoms. The molecule has 1 aliphatic carbocycles. The molecular formula is C15H16N2. The molecule has 0 aliphatic heterocycles. The zero-order chi connectivity index (χ0) is 11.5.